The van der Waals surface area contributed by atoms with Crippen molar-refractivity contribution in [2.45, 2.75) is 201 Å². The van der Waals surface area contributed by atoms with Gasteiger partial charge in [0.1, 0.15) is 5.78 Å². The minimum atomic E-state index is -0.0194. The van der Waals surface area contributed by atoms with Gasteiger partial charge in [0.25, 0.3) is 0 Å². The van der Waals surface area contributed by atoms with Gasteiger partial charge >= 0.3 is 5.97 Å². The minimum Gasteiger partial charge on any atom is -0.495 e. The van der Waals surface area contributed by atoms with Crippen molar-refractivity contribution in [1.82, 2.24) is 4.90 Å². The third kappa shape index (κ3) is 28.8. The molecule has 3 atom stereocenters. The lowest BCUT2D eigenvalue weighted by atomic mass is 9.95. The summed E-state index contributed by atoms with van der Waals surface area (Å²) >= 11 is 0. The summed E-state index contributed by atoms with van der Waals surface area (Å²) in [5.74, 6) is 1.72. The second-order valence-corrected chi connectivity index (χ2v) is 14.5. The van der Waals surface area contributed by atoms with Crippen LogP contribution in [0.4, 0.5) is 0 Å². The quantitative estimate of drug-likeness (QED) is 0.0388. The number of rotatable bonds is 35. The highest BCUT2D eigenvalue weighted by atomic mass is 16.5. The number of carbonyl (C=O) groups is 2. The van der Waals surface area contributed by atoms with Crippen LogP contribution in [0, 0.1) is 11.8 Å². The number of hydrogen-bond donors (Lipinski definition) is 0. The second-order valence-electron chi connectivity index (χ2n) is 14.5. The highest BCUT2D eigenvalue weighted by Gasteiger charge is 2.14. The van der Waals surface area contributed by atoms with Crippen molar-refractivity contribution in [3.8, 4) is 0 Å². The number of carbonyl (C=O) groups excluding carboxylic acids is 2. The zero-order valence-corrected chi connectivity index (χ0v) is 31.8. The Balaban J connectivity index is 4.08. The van der Waals surface area contributed by atoms with Crippen molar-refractivity contribution in [2.24, 2.45) is 11.8 Å². The number of ketones is 1. The van der Waals surface area contributed by atoms with Crippen LogP contribution < -0.4 is 0 Å². The fourth-order valence-electron chi connectivity index (χ4n) is 6.10. The van der Waals surface area contributed by atoms with Gasteiger partial charge in [0, 0.05) is 18.8 Å². The molecule has 0 amide bonds. The SMILES string of the molecule is C=C(CCCN(C)C)OC(CCCCCCCCCCC(=O)C(C)CCCC)CCCCCCCCCOC(=O)C(C)CCCC. The number of ether oxygens (including phenoxy) is 2. The molecule has 0 bridgehead atoms. The predicted molar refractivity (Wildman–Crippen MR) is 198 cm³/mol. The van der Waals surface area contributed by atoms with Gasteiger partial charge in [0.05, 0.1) is 24.4 Å². The Morgan fingerprint density at radius 3 is 1.59 bits per heavy atom. The molecule has 3 unspecified atom stereocenters. The summed E-state index contributed by atoms with van der Waals surface area (Å²) in [6.07, 6.45) is 30.3. The topological polar surface area (TPSA) is 55.8 Å². The van der Waals surface area contributed by atoms with Crippen molar-refractivity contribution in [3.05, 3.63) is 12.3 Å². The molecule has 0 spiro atoms. The van der Waals surface area contributed by atoms with Crippen molar-refractivity contribution >= 4 is 11.8 Å². The lowest BCUT2D eigenvalue weighted by molar-refractivity contribution is -0.148. The van der Waals surface area contributed by atoms with Gasteiger partial charge in [0.15, 0.2) is 0 Å². The molecular weight excluding hydrogens is 570 g/mol. The van der Waals surface area contributed by atoms with Crippen LogP contribution in [0.3, 0.4) is 0 Å². The molecule has 0 saturated heterocycles. The molecule has 46 heavy (non-hydrogen) atoms. The summed E-state index contributed by atoms with van der Waals surface area (Å²) < 4.78 is 11.9. The first kappa shape index (κ1) is 44.6. The number of unbranched alkanes of at least 4 members (excludes halogenated alkanes) is 15. The van der Waals surface area contributed by atoms with Crippen LogP contribution in [0.15, 0.2) is 12.3 Å². The molecule has 0 aromatic carbocycles. The van der Waals surface area contributed by atoms with E-state index in [-0.39, 0.29) is 17.8 Å². The monoisotopic (exact) mass is 650 g/mol. The Labute approximate surface area is 287 Å². The maximum atomic E-state index is 12.2. The largest absolute Gasteiger partial charge is 0.495 e. The van der Waals surface area contributed by atoms with Crippen LogP contribution in [0.5, 0.6) is 0 Å². The molecule has 0 fully saturated rings. The molecule has 0 radical (unpaired) electrons. The van der Waals surface area contributed by atoms with Crippen molar-refractivity contribution in [3.63, 3.8) is 0 Å². The molecule has 272 valence electrons. The zero-order valence-electron chi connectivity index (χ0n) is 31.8. The fourth-order valence-corrected chi connectivity index (χ4v) is 6.10. The van der Waals surface area contributed by atoms with Gasteiger partial charge in [-0.1, -0.05) is 131 Å². The second kappa shape index (κ2) is 32.2. The van der Waals surface area contributed by atoms with E-state index in [0.717, 1.165) is 89.4 Å². The smallest absolute Gasteiger partial charge is 0.308 e. The summed E-state index contributed by atoms with van der Waals surface area (Å²) in [6.45, 7) is 14.3. The van der Waals surface area contributed by atoms with Crippen molar-refractivity contribution < 1.29 is 19.1 Å². The molecule has 0 aromatic rings. The lowest BCUT2D eigenvalue weighted by Crippen LogP contribution is -2.15. The van der Waals surface area contributed by atoms with Gasteiger partial charge in [-0.05, 0) is 78.4 Å². The third-order valence-corrected chi connectivity index (χ3v) is 9.44. The number of nitrogens with zero attached hydrogens (tertiary/aromatic N) is 1. The van der Waals surface area contributed by atoms with Crippen LogP contribution in [-0.2, 0) is 19.1 Å². The Hall–Kier alpha value is -1.36. The molecule has 0 N–H and O–H groups in total. The average molecular weight is 650 g/mol. The van der Waals surface area contributed by atoms with Crippen LogP contribution in [-0.4, -0.2) is 50.0 Å². The van der Waals surface area contributed by atoms with Crippen molar-refractivity contribution in [1.29, 1.82) is 0 Å². The van der Waals surface area contributed by atoms with Crippen LogP contribution in [0.1, 0.15) is 195 Å². The zero-order chi connectivity index (χ0) is 34.3. The Morgan fingerprint density at radius 1 is 0.587 bits per heavy atom. The van der Waals surface area contributed by atoms with E-state index in [1.807, 2.05) is 6.92 Å². The number of Topliss-reactive ketones (excluding diaryl/α,β-unsaturated/α-hetero) is 1. The maximum absolute atomic E-state index is 12.2. The minimum absolute atomic E-state index is 0.0194. The molecule has 5 nitrogen and oxygen atoms in total. The standard InChI is InChI=1S/C41H79NO4/c1-8-10-28-36(3)40(43)33-25-21-17-13-12-15-19-23-31-39(46-38(5)30-27-34-42(6)7)32-24-20-16-14-18-22-26-35-45-41(44)37(4)29-11-9-2/h36-37,39H,5,8-35H2,1-4,6-7H3. The van der Waals surface area contributed by atoms with Gasteiger partial charge in [-0.15, -0.1) is 0 Å². The Morgan fingerprint density at radius 2 is 1.07 bits per heavy atom. The van der Waals surface area contributed by atoms with Gasteiger partial charge < -0.3 is 14.4 Å². The van der Waals surface area contributed by atoms with Gasteiger partial charge in [-0.25, -0.2) is 0 Å². The summed E-state index contributed by atoms with van der Waals surface area (Å²) in [6, 6.07) is 0. The van der Waals surface area contributed by atoms with E-state index >= 15 is 0 Å². The number of allylic oxidation sites excluding steroid dienone is 1. The van der Waals surface area contributed by atoms with Crippen LogP contribution >= 0.6 is 0 Å². The fraction of sp³-hybridized carbons (Fsp3) is 0.902. The normalized spacial score (nSPS) is 13.5. The molecule has 0 aliphatic rings. The van der Waals surface area contributed by atoms with Gasteiger partial charge in [-0.3, -0.25) is 9.59 Å². The average Bonchev–Trinajstić information content (AvgIpc) is 3.03. The van der Waals surface area contributed by atoms with E-state index in [0.29, 0.717) is 18.5 Å². The van der Waals surface area contributed by atoms with Crippen LogP contribution in [0.25, 0.3) is 0 Å². The summed E-state index contributed by atoms with van der Waals surface area (Å²) in [5, 5.41) is 0. The van der Waals surface area contributed by atoms with E-state index < -0.39 is 0 Å². The highest BCUT2D eigenvalue weighted by molar-refractivity contribution is 5.80. The Kier molecular flexibility index (Phi) is 31.2. The molecule has 0 aliphatic carbocycles. The molecule has 0 rings (SSSR count). The predicted octanol–water partition coefficient (Wildman–Crippen LogP) is 12.0. The number of hydrogen-bond acceptors (Lipinski definition) is 5. The molecule has 0 saturated carbocycles. The molecular formula is C41H79NO4. The first-order chi connectivity index (χ1) is 22.2. The van der Waals surface area contributed by atoms with E-state index in [2.05, 4.69) is 46.3 Å². The molecule has 5 heteroatoms. The van der Waals surface area contributed by atoms with Gasteiger partial charge in [-0.2, -0.15) is 0 Å². The number of esters is 1. The highest BCUT2D eigenvalue weighted by Crippen LogP contribution is 2.21. The van der Waals surface area contributed by atoms with Crippen molar-refractivity contribution in [2.75, 3.05) is 27.2 Å². The summed E-state index contributed by atoms with van der Waals surface area (Å²) in [4.78, 5) is 26.5. The summed E-state index contributed by atoms with van der Waals surface area (Å²) in [5.41, 5.74) is 0. The maximum Gasteiger partial charge on any atom is 0.308 e. The van der Waals surface area contributed by atoms with E-state index in [9.17, 15) is 9.59 Å². The first-order valence-corrected chi connectivity index (χ1v) is 19.9. The first-order valence-electron chi connectivity index (χ1n) is 19.9. The molecule has 0 aliphatic heterocycles. The molecule has 0 heterocycles. The van der Waals surface area contributed by atoms with Crippen LogP contribution in [0.2, 0.25) is 0 Å². The lowest BCUT2D eigenvalue weighted by Gasteiger charge is -2.21. The van der Waals surface area contributed by atoms with E-state index in [1.54, 1.807) is 0 Å². The van der Waals surface area contributed by atoms with Gasteiger partial charge in [0.2, 0.25) is 0 Å². The van der Waals surface area contributed by atoms with E-state index in [4.69, 9.17) is 9.47 Å². The Bertz CT molecular complexity index is 675. The summed E-state index contributed by atoms with van der Waals surface area (Å²) in [7, 11) is 4.24. The molecule has 0 aromatic heterocycles. The third-order valence-electron chi connectivity index (χ3n) is 9.44. The van der Waals surface area contributed by atoms with E-state index in [1.165, 1.54) is 89.9 Å².